The van der Waals surface area contributed by atoms with E-state index in [-0.39, 0.29) is 46.2 Å². The zero-order chi connectivity index (χ0) is 22.4. The number of aromatic carboxylic acids is 1. The van der Waals surface area contributed by atoms with E-state index in [0.717, 1.165) is 19.3 Å². The number of esters is 3. The molecule has 0 bridgehead atoms. The lowest BCUT2D eigenvalue weighted by molar-refractivity contribution is -0.138. The van der Waals surface area contributed by atoms with Crippen LogP contribution in [0.5, 0.6) is 0 Å². The van der Waals surface area contributed by atoms with E-state index in [4.69, 9.17) is 14.2 Å². The lowest BCUT2D eigenvalue weighted by Crippen LogP contribution is -2.15. The molecule has 0 saturated carbocycles. The molecule has 2 rings (SSSR count). The summed E-state index contributed by atoms with van der Waals surface area (Å²) in [5, 5.41) is 9.39. The highest BCUT2D eigenvalue weighted by atomic mass is 16.6. The van der Waals surface area contributed by atoms with Crippen LogP contribution in [0.2, 0.25) is 0 Å². The maximum absolute atomic E-state index is 12.6. The minimum atomic E-state index is -1.35. The fraction of sp³-hybridized carbons (Fsp3) is 0.190. The Kier molecular flexibility index (Phi) is 7.03. The van der Waals surface area contributed by atoms with E-state index in [2.05, 4.69) is 6.58 Å². The third-order valence-corrected chi connectivity index (χ3v) is 4.12. The van der Waals surface area contributed by atoms with Gasteiger partial charge in [-0.25, -0.2) is 19.2 Å². The number of Topliss-reactive ketones (excluding diaryl/α,β-unsaturated/α-hetero) is 1. The fourth-order valence-electron chi connectivity index (χ4n) is 2.83. The molecule has 0 atom stereocenters. The standard InChI is InChI=1S/C21H18O9/c1-4-16(23)29-9-10-30-21(27)15-7-5-12(11(2)22)17-13(19(24)25)6-8-14(18(15)17)20(26)28-3/h4-8H,1,9-10H2,2-3H3,(H,24,25). The van der Waals surface area contributed by atoms with Crippen molar-refractivity contribution in [1.82, 2.24) is 0 Å². The van der Waals surface area contributed by atoms with Crippen LogP contribution in [-0.2, 0) is 19.0 Å². The molecule has 0 aliphatic carbocycles. The average Bonchev–Trinajstić information content (AvgIpc) is 2.73. The van der Waals surface area contributed by atoms with Crippen molar-refractivity contribution in [3.8, 4) is 0 Å². The molecule has 0 heterocycles. The minimum Gasteiger partial charge on any atom is -0.478 e. The summed E-state index contributed by atoms with van der Waals surface area (Å²) in [7, 11) is 1.13. The zero-order valence-electron chi connectivity index (χ0n) is 16.2. The highest BCUT2D eigenvalue weighted by molar-refractivity contribution is 6.22. The monoisotopic (exact) mass is 414 g/mol. The van der Waals surface area contributed by atoms with Crippen LogP contribution >= 0.6 is 0 Å². The number of ether oxygens (including phenoxy) is 3. The molecular weight excluding hydrogens is 396 g/mol. The Bertz CT molecular complexity index is 1050. The van der Waals surface area contributed by atoms with Crippen LogP contribution in [0.3, 0.4) is 0 Å². The number of methoxy groups -OCH3 is 1. The van der Waals surface area contributed by atoms with Crippen molar-refractivity contribution >= 4 is 40.4 Å². The molecule has 156 valence electrons. The van der Waals surface area contributed by atoms with Crippen LogP contribution in [0.15, 0.2) is 36.9 Å². The van der Waals surface area contributed by atoms with Crippen molar-refractivity contribution in [2.24, 2.45) is 0 Å². The second-order valence-corrected chi connectivity index (χ2v) is 5.93. The average molecular weight is 414 g/mol. The molecule has 0 radical (unpaired) electrons. The number of carboxylic acids is 1. The maximum Gasteiger partial charge on any atom is 0.338 e. The maximum atomic E-state index is 12.6. The van der Waals surface area contributed by atoms with Gasteiger partial charge in [0.1, 0.15) is 13.2 Å². The first-order chi connectivity index (χ1) is 14.2. The van der Waals surface area contributed by atoms with Gasteiger partial charge in [0.15, 0.2) is 5.78 Å². The number of ketones is 1. The molecule has 9 nitrogen and oxygen atoms in total. The summed E-state index contributed by atoms with van der Waals surface area (Å²) in [5.74, 6) is -4.23. The fourth-order valence-corrected chi connectivity index (χ4v) is 2.83. The van der Waals surface area contributed by atoms with Crippen molar-refractivity contribution in [3.05, 3.63) is 59.2 Å². The quantitative estimate of drug-likeness (QED) is 0.227. The predicted molar refractivity (Wildman–Crippen MR) is 104 cm³/mol. The summed E-state index contributed by atoms with van der Waals surface area (Å²) in [4.78, 5) is 59.7. The number of hydrogen-bond donors (Lipinski definition) is 1. The number of carboxylic acid groups (broad SMARTS) is 1. The molecule has 0 spiro atoms. The number of fused-ring (bicyclic) bond motifs is 1. The first kappa shape index (κ1) is 22.3. The van der Waals surface area contributed by atoms with Gasteiger partial charge >= 0.3 is 23.9 Å². The molecule has 0 aromatic heterocycles. The predicted octanol–water partition coefficient (Wildman–Crippen LogP) is 2.41. The molecule has 2 aromatic rings. The summed E-state index contributed by atoms with van der Waals surface area (Å²) in [6.07, 6.45) is 0.950. The molecule has 0 saturated heterocycles. The van der Waals surface area contributed by atoms with Gasteiger partial charge in [-0.05, 0) is 31.2 Å². The van der Waals surface area contributed by atoms with E-state index in [1.165, 1.54) is 25.1 Å². The van der Waals surface area contributed by atoms with Crippen molar-refractivity contribution in [2.75, 3.05) is 20.3 Å². The molecule has 0 unspecified atom stereocenters. The highest BCUT2D eigenvalue weighted by Crippen LogP contribution is 2.31. The second kappa shape index (κ2) is 9.46. The Morgan fingerprint density at radius 1 is 0.867 bits per heavy atom. The van der Waals surface area contributed by atoms with Crippen LogP contribution in [0.4, 0.5) is 0 Å². The van der Waals surface area contributed by atoms with E-state index < -0.39 is 29.7 Å². The van der Waals surface area contributed by atoms with Gasteiger partial charge in [-0.3, -0.25) is 4.79 Å². The second-order valence-electron chi connectivity index (χ2n) is 5.93. The number of rotatable bonds is 8. The van der Waals surface area contributed by atoms with Crippen LogP contribution < -0.4 is 0 Å². The van der Waals surface area contributed by atoms with E-state index >= 15 is 0 Å². The normalized spacial score (nSPS) is 10.2. The number of carbonyl (C=O) groups excluding carboxylic acids is 4. The molecule has 9 heteroatoms. The van der Waals surface area contributed by atoms with Gasteiger partial charge < -0.3 is 19.3 Å². The van der Waals surface area contributed by atoms with E-state index in [1.54, 1.807) is 0 Å². The SMILES string of the molecule is C=CC(=O)OCCOC(=O)c1ccc(C(C)=O)c2c(C(=O)O)ccc(C(=O)OC)c12. The van der Waals surface area contributed by atoms with Crippen molar-refractivity contribution in [1.29, 1.82) is 0 Å². The van der Waals surface area contributed by atoms with Gasteiger partial charge in [-0.1, -0.05) is 6.58 Å². The first-order valence-electron chi connectivity index (χ1n) is 8.61. The summed E-state index contributed by atoms with van der Waals surface area (Å²) in [6, 6.07) is 4.90. The summed E-state index contributed by atoms with van der Waals surface area (Å²) in [5.41, 5.74) is -0.499. The Morgan fingerprint density at radius 2 is 1.37 bits per heavy atom. The Labute approximate surface area is 170 Å². The molecule has 2 aromatic carbocycles. The van der Waals surface area contributed by atoms with Crippen LogP contribution in [-0.4, -0.2) is 55.1 Å². The van der Waals surface area contributed by atoms with Gasteiger partial charge in [-0.15, -0.1) is 0 Å². The summed E-state index contributed by atoms with van der Waals surface area (Å²) < 4.78 is 14.5. The largest absolute Gasteiger partial charge is 0.478 e. The Hall–Kier alpha value is -4.01. The van der Waals surface area contributed by atoms with Crippen molar-refractivity contribution in [3.63, 3.8) is 0 Å². The molecular formula is C21H18O9. The van der Waals surface area contributed by atoms with Gasteiger partial charge in [0.2, 0.25) is 0 Å². The molecule has 0 aliphatic heterocycles. The number of hydrogen-bond acceptors (Lipinski definition) is 8. The third-order valence-electron chi connectivity index (χ3n) is 4.12. The van der Waals surface area contributed by atoms with Gasteiger partial charge in [0.25, 0.3) is 0 Å². The van der Waals surface area contributed by atoms with Crippen molar-refractivity contribution in [2.45, 2.75) is 6.92 Å². The lowest BCUT2D eigenvalue weighted by Gasteiger charge is -2.15. The topological polar surface area (TPSA) is 133 Å². The van der Waals surface area contributed by atoms with Crippen molar-refractivity contribution < 1.29 is 43.3 Å². The summed E-state index contributed by atoms with van der Waals surface area (Å²) >= 11 is 0. The molecule has 0 aliphatic rings. The smallest absolute Gasteiger partial charge is 0.338 e. The van der Waals surface area contributed by atoms with E-state index in [9.17, 15) is 29.1 Å². The first-order valence-corrected chi connectivity index (χ1v) is 8.61. The van der Waals surface area contributed by atoms with Gasteiger partial charge in [0.05, 0.1) is 23.8 Å². The molecule has 30 heavy (non-hydrogen) atoms. The number of carbonyl (C=O) groups is 5. The molecule has 0 amide bonds. The van der Waals surface area contributed by atoms with E-state index in [0.29, 0.717) is 0 Å². The number of benzene rings is 2. The molecule has 0 fully saturated rings. The van der Waals surface area contributed by atoms with Crippen LogP contribution in [0.25, 0.3) is 10.8 Å². The third kappa shape index (κ3) is 4.52. The Morgan fingerprint density at radius 3 is 1.90 bits per heavy atom. The van der Waals surface area contributed by atoms with Gasteiger partial charge in [-0.2, -0.15) is 0 Å². The lowest BCUT2D eigenvalue weighted by atomic mass is 9.90. The van der Waals surface area contributed by atoms with Gasteiger partial charge in [0, 0.05) is 22.4 Å². The van der Waals surface area contributed by atoms with Crippen LogP contribution in [0, 0.1) is 0 Å². The van der Waals surface area contributed by atoms with Crippen LogP contribution in [0.1, 0.15) is 48.4 Å². The summed E-state index contributed by atoms with van der Waals surface area (Å²) in [6.45, 7) is 3.94. The molecule has 1 N–H and O–H groups in total. The zero-order valence-corrected chi connectivity index (χ0v) is 16.2. The van der Waals surface area contributed by atoms with E-state index in [1.807, 2.05) is 0 Å². The Balaban J connectivity index is 2.64. The minimum absolute atomic E-state index is 0.0182. The highest BCUT2D eigenvalue weighted by Gasteiger charge is 2.25.